The Morgan fingerprint density at radius 3 is 1.24 bits per heavy atom. The standard InChI is InChI=1S/2C8H17.Bi/c2*1-3-5-7-8-6-4-2;/h2*1,3-8H2,2H3;. The maximum atomic E-state index is 2.30. The zero-order valence-corrected chi connectivity index (χ0v) is 15.8. The Bertz CT molecular complexity index is 109. The molecule has 1 heteroatoms. The number of rotatable bonds is 14. The van der Waals surface area contributed by atoms with Crippen molar-refractivity contribution >= 4 is 23.2 Å². The van der Waals surface area contributed by atoms with Crippen molar-refractivity contribution in [2.24, 2.45) is 0 Å². The van der Waals surface area contributed by atoms with Gasteiger partial charge in [-0.2, -0.15) is 0 Å². The van der Waals surface area contributed by atoms with Crippen LogP contribution in [0.2, 0.25) is 8.26 Å². The summed E-state index contributed by atoms with van der Waals surface area (Å²) >= 11 is -0.0142. The van der Waals surface area contributed by atoms with E-state index in [0.717, 1.165) is 0 Å². The molecule has 0 aromatic rings. The van der Waals surface area contributed by atoms with Gasteiger partial charge in [0.25, 0.3) is 0 Å². The summed E-state index contributed by atoms with van der Waals surface area (Å²) < 4.78 is 3.34. The summed E-state index contributed by atoms with van der Waals surface area (Å²) in [7, 11) is 0. The molecule has 0 aliphatic carbocycles. The minimum atomic E-state index is -0.0142. The van der Waals surface area contributed by atoms with Crippen molar-refractivity contribution in [2.45, 2.75) is 99.2 Å². The fourth-order valence-electron chi connectivity index (χ4n) is 2.12. The van der Waals surface area contributed by atoms with Crippen molar-refractivity contribution in [3.8, 4) is 0 Å². The van der Waals surface area contributed by atoms with Crippen molar-refractivity contribution < 1.29 is 0 Å². The second-order valence-electron chi connectivity index (χ2n) is 5.21. The van der Waals surface area contributed by atoms with E-state index in [1.54, 1.807) is 21.1 Å². The van der Waals surface area contributed by atoms with Crippen LogP contribution in [0.4, 0.5) is 0 Å². The summed E-state index contributed by atoms with van der Waals surface area (Å²) in [4.78, 5) is 0. The number of hydrogen-bond acceptors (Lipinski definition) is 0. The molecule has 0 aromatic carbocycles. The van der Waals surface area contributed by atoms with E-state index in [-0.39, 0.29) is 23.2 Å². The van der Waals surface area contributed by atoms with Crippen molar-refractivity contribution in [2.75, 3.05) is 0 Å². The normalized spacial score (nSPS) is 10.9. The summed E-state index contributed by atoms with van der Waals surface area (Å²) in [6, 6.07) is 0. The van der Waals surface area contributed by atoms with E-state index >= 15 is 0 Å². The van der Waals surface area contributed by atoms with Gasteiger partial charge in [0.1, 0.15) is 0 Å². The van der Waals surface area contributed by atoms with E-state index in [1.165, 1.54) is 64.2 Å². The monoisotopic (exact) mass is 435 g/mol. The summed E-state index contributed by atoms with van der Waals surface area (Å²) in [6.07, 6.45) is 17.9. The molecule has 0 nitrogen and oxygen atoms in total. The molecule has 0 N–H and O–H groups in total. The third kappa shape index (κ3) is 16.9. The molecule has 0 saturated carbocycles. The van der Waals surface area contributed by atoms with Crippen LogP contribution in [0.5, 0.6) is 0 Å². The van der Waals surface area contributed by atoms with E-state index in [2.05, 4.69) is 13.8 Å². The summed E-state index contributed by atoms with van der Waals surface area (Å²) in [5.41, 5.74) is 0. The molecule has 0 amide bonds. The maximum absolute atomic E-state index is 2.30. The molecule has 0 unspecified atom stereocenters. The zero-order chi connectivity index (χ0) is 12.6. The van der Waals surface area contributed by atoms with E-state index in [0.29, 0.717) is 0 Å². The third-order valence-corrected chi connectivity index (χ3v) is 8.26. The van der Waals surface area contributed by atoms with Crippen LogP contribution in [0.25, 0.3) is 0 Å². The van der Waals surface area contributed by atoms with Gasteiger partial charge >= 0.3 is 122 Å². The first-order valence-corrected chi connectivity index (χ1v) is 13.0. The molecule has 0 fully saturated rings. The predicted molar refractivity (Wildman–Crippen MR) is 82.1 cm³/mol. The molecule has 0 aromatic heterocycles. The van der Waals surface area contributed by atoms with Gasteiger partial charge in [-0.15, -0.1) is 0 Å². The SMILES string of the molecule is CCCCCCC[CH2][Bi][CH2]CCCCCCC. The van der Waals surface area contributed by atoms with Gasteiger partial charge in [0.2, 0.25) is 0 Å². The Morgan fingerprint density at radius 2 is 0.824 bits per heavy atom. The molecule has 0 aliphatic heterocycles. The fraction of sp³-hybridized carbons (Fsp3) is 1.00. The van der Waals surface area contributed by atoms with Crippen LogP contribution in [0.1, 0.15) is 90.9 Å². The van der Waals surface area contributed by atoms with Crippen molar-refractivity contribution in [1.29, 1.82) is 0 Å². The van der Waals surface area contributed by atoms with Gasteiger partial charge in [-0.25, -0.2) is 0 Å². The van der Waals surface area contributed by atoms with Crippen LogP contribution in [-0.2, 0) is 0 Å². The van der Waals surface area contributed by atoms with Gasteiger partial charge in [-0.1, -0.05) is 0 Å². The summed E-state index contributed by atoms with van der Waals surface area (Å²) in [5.74, 6) is 0. The van der Waals surface area contributed by atoms with Crippen molar-refractivity contribution in [3.05, 3.63) is 0 Å². The van der Waals surface area contributed by atoms with Crippen LogP contribution >= 0.6 is 0 Å². The van der Waals surface area contributed by atoms with Crippen LogP contribution in [-0.4, -0.2) is 23.2 Å². The predicted octanol–water partition coefficient (Wildman–Crippen LogP) is 6.25. The molecule has 0 saturated heterocycles. The second kappa shape index (κ2) is 16.9. The molecular formula is C16H34Bi. The molecule has 1 radical (unpaired) electrons. The molecule has 0 aliphatic rings. The Balaban J connectivity index is 2.85. The average Bonchev–Trinajstić information content (AvgIpc) is 2.35. The zero-order valence-electron chi connectivity index (χ0n) is 12.3. The van der Waals surface area contributed by atoms with E-state index in [1.807, 2.05) is 0 Å². The van der Waals surface area contributed by atoms with Gasteiger partial charge in [-0.3, -0.25) is 0 Å². The number of unbranched alkanes of at least 4 members (excludes halogenated alkanes) is 10. The Hall–Kier alpha value is 0.883. The van der Waals surface area contributed by atoms with Gasteiger partial charge < -0.3 is 0 Å². The first-order chi connectivity index (χ1) is 8.41. The van der Waals surface area contributed by atoms with Crippen molar-refractivity contribution in [3.63, 3.8) is 0 Å². The van der Waals surface area contributed by atoms with Crippen LogP contribution < -0.4 is 0 Å². The quantitative estimate of drug-likeness (QED) is 0.224. The molecule has 103 valence electrons. The topological polar surface area (TPSA) is 0 Å². The minimum absolute atomic E-state index is 0.0142. The molecule has 0 atom stereocenters. The van der Waals surface area contributed by atoms with Gasteiger partial charge in [0.15, 0.2) is 0 Å². The first kappa shape index (κ1) is 17.9. The molecule has 0 bridgehead atoms. The average molecular weight is 435 g/mol. The van der Waals surface area contributed by atoms with Crippen molar-refractivity contribution in [1.82, 2.24) is 0 Å². The molecule has 17 heavy (non-hydrogen) atoms. The Morgan fingerprint density at radius 1 is 0.471 bits per heavy atom. The van der Waals surface area contributed by atoms with Crippen LogP contribution in [0.3, 0.4) is 0 Å². The molecule has 0 spiro atoms. The van der Waals surface area contributed by atoms with E-state index in [9.17, 15) is 0 Å². The van der Waals surface area contributed by atoms with E-state index in [4.69, 9.17) is 0 Å². The van der Waals surface area contributed by atoms with Crippen LogP contribution in [0, 0.1) is 0 Å². The van der Waals surface area contributed by atoms with Gasteiger partial charge in [-0.05, 0) is 0 Å². The van der Waals surface area contributed by atoms with E-state index < -0.39 is 0 Å². The number of hydrogen-bond donors (Lipinski definition) is 0. The third-order valence-electron chi connectivity index (χ3n) is 3.34. The Labute approximate surface area is 122 Å². The van der Waals surface area contributed by atoms with Gasteiger partial charge in [0, 0.05) is 0 Å². The summed E-state index contributed by atoms with van der Waals surface area (Å²) in [5, 5.41) is 0. The molecule has 0 rings (SSSR count). The van der Waals surface area contributed by atoms with Gasteiger partial charge in [0.05, 0.1) is 0 Å². The summed E-state index contributed by atoms with van der Waals surface area (Å²) in [6.45, 7) is 4.60. The molecular weight excluding hydrogens is 401 g/mol. The second-order valence-corrected chi connectivity index (χ2v) is 10.4. The molecule has 0 heterocycles. The van der Waals surface area contributed by atoms with Crippen LogP contribution in [0.15, 0.2) is 0 Å². The Kier molecular flexibility index (Phi) is 17.8. The first-order valence-electron chi connectivity index (χ1n) is 8.05. The fourth-order valence-corrected chi connectivity index (χ4v) is 6.47.